The number of carbonyl (C=O) groups excluding carboxylic acids is 1. The molecule has 2 aliphatic rings. The van der Waals surface area contributed by atoms with Gasteiger partial charge in [-0.25, -0.2) is 10.9 Å². The molecule has 4 rings (SSSR count). The summed E-state index contributed by atoms with van der Waals surface area (Å²) in [7, 11) is 0. The number of amides is 1. The fourth-order valence-electron chi connectivity index (χ4n) is 3.89. The third-order valence-electron chi connectivity index (χ3n) is 5.46. The Morgan fingerprint density at radius 3 is 2.62 bits per heavy atom. The second kappa shape index (κ2) is 7.88. The van der Waals surface area contributed by atoms with Crippen LogP contribution in [0.1, 0.15) is 46.1 Å². The maximum atomic E-state index is 12.4. The zero-order valence-corrected chi connectivity index (χ0v) is 15.9. The van der Waals surface area contributed by atoms with Gasteiger partial charge in [-0.1, -0.05) is 30.3 Å². The Morgan fingerprint density at radius 1 is 1.15 bits per heavy atom. The average molecular weight is 371 g/mol. The summed E-state index contributed by atoms with van der Waals surface area (Å²) in [5, 5.41) is 5.20. The lowest BCUT2D eigenvalue weighted by Gasteiger charge is -2.35. The van der Waals surface area contributed by atoms with Gasteiger partial charge in [0.05, 0.1) is 11.0 Å². The van der Waals surface area contributed by atoms with Gasteiger partial charge in [-0.2, -0.15) is 0 Å². The van der Waals surface area contributed by atoms with Gasteiger partial charge in [0.25, 0.3) is 5.91 Å². The monoisotopic (exact) mass is 370 g/mol. The van der Waals surface area contributed by atoms with Crippen molar-refractivity contribution < 1.29 is 4.79 Å². The second-order valence-corrected chi connectivity index (χ2v) is 8.14. The Labute approximate surface area is 158 Å². The average Bonchev–Trinajstić information content (AvgIpc) is 3.32. The van der Waals surface area contributed by atoms with E-state index in [1.54, 1.807) is 0 Å². The molecule has 0 saturated carbocycles. The van der Waals surface area contributed by atoms with Gasteiger partial charge >= 0.3 is 0 Å². The number of carbonyl (C=O) groups is 1. The van der Waals surface area contributed by atoms with Crippen molar-refractivity contribution in [1.29, 1.82) is 0 Å². The predicted octanol–water partition coefficient (Wildman–Crippen LogP) is 2.82. The van der Waals surface area contributed by atoms with E-state index in [2.05, 4.69) is 51.4 Å². The van der Waals surface area contributed by atoms with Gasteiger partial charge in [-0.3, -0.25) is 9.69 Å². The third-order valence-corrected chi connectivity index (χ3v) is 6.47. The van der Waals surface area contributed by atoms with Crippen LogP contribution in [0.15, 0.2) is 41.8 Å². The van der Waals surface area contributed by atoms with E-state index in [4.69, 9.17) is 0 Å². The Morgan fingerprint density at radius 2 is 1.92 bits per heavy atom. The van der Waals surface area contributed by atoms with E-state index < -0.39 is 0 Å². The molecule has 2 unspecified atom stereocenters. The summed E-state index contributed by atoms with van der Waals surface area (Å²) < 4.78 is 0. The predicted molar refractivity (Wildman–Crippen MR) is 105 cm³/mol. The molecule has 2 aliphatic heterocycles. The minimum Gasteiger partial charge on any atom is -0.349 e. The molecule has 6 heteroatoms. The van der Waals surface area contributed by atoms with Gasteiger partial charge in [-0.05, 0) is 48.8 Å². The van der Waals surface area contributed by atoms with Gasteiger partial charge in [0.15, 0.2) is 0 Å². The van der Waals surface area contributed by atoms with Crippen LogP contribution >= 0.6 is 11.3 Å². The van der Waals surface area contributed by atoms with Crippen LogP contribution in [0.2, 0.25) is 0 Å². The Kier molecular flexibility index (Phi) is 5.36. The number of nitrogens with zero attached hydrogens (tertiary/aromatic N) is 1. The summed E-state index contributed by atoms with van der Waals surface area (Å²) in [5.74, 6) is 0.0840. The number of hydrogen-bond acceptors (Lipinski definition) is 5. The van der Waals surface area contributed by atoms with Gasteiger partial charge in [0.2, 0.25) is 0 Å². The first-order chi connectivity index (χ1) is 12.7. The molecular formula is C20H26N4OS. The highest BCUT2D eigenvalue weighted by atomic mass is 32.1. The molecule has 26 heavy (non-hydrogen) atoms. The van der Waals surface area contributed by atoms with Crippen LogP contribution in [0.3, 0.4) is 0 Å². The van der Waals surface area contributed by atoms with E-state index in [0.29, 0.717) is 12.2 Å². The summed E-state index contributed by atoms with van der Waals surface area (Å²) >= 11 is 1.52. The summed E-state index contributed by atoms with van der Waals surface area (Å²) in [5.41, 5.74) is 9.28. The SMILES string of the molecule is Cc1ccsc1C(=O)NC1CCN(C2CC(c3ccccc3)NN2)CC1. The van der Waals surface area contributed by atoms with Crippen LogP contribution in [-0.2, 0) is 0 Å². The fraction of sp³-hybridized carbons (Fsp3) is 0.450. The van der Waals surface area contributed by atoms with Crippen molar-refractivity contribution in [3.05, 3.63) is 57.8 Å². The van der Waals surface area contributed by atoms with E-state index >= 15 is 0 Å². The number of benzene rings is 1. The van der Waals surface area contributed by atoms with E-state index in [1.165, 1.54) is 16.9 Å². The van der Waals surface area contributed by atoms with E-state index in [1.807, 2.05) is 18.4 Å². The molecule has 5 nitrogen and oxygen atoms in total. The van der Waals surface area contributed by atoms with Gasteiger partial charge < -0.3 is 5.32 Å². The molecule has 2 aromatic rings. The third kappa shape index (κ3) is 3.83. The molecule has 2 atom stereocenters. The van der Waals surface area contributed by atoms with Crippen LogP contribution < -0.4 is 16.2 Å². The maximum Gasteiger partial charge on any atom is 0.261 e. The second-order valence-electron chi connectivity index (χ2n) is 7.22. The number of hydrazine groups is 1. The van der Waals surface area contributed by atoms with Crippen molar-refractivity contribution in [2.45, 2.75) is 44.4 Å². The molecule has 1 aromatic carbocycles. The zero-order chi connectivity index (χ0) is 17.9. The van der Waals surface area contributed by atoms with Gasteiger partial charge in [0, 0.05) is 25.2 Å². The highest BCUT2D eigenvalue weighted by Crippen LogP contribution is 2.25. The minimum atomic E-state index is 0.0840. The number of piperidine rings is 1. The van der Waals surface area contributed by atoms with Crippen LogP contribution in [0.5, 0.6) is 0 Å². The number of likely N-dealkylation sites (tertiary alicyclic amines) is 1. The number of rotatable bonds is 4. The maximum absolute atomic E-state index is 12.4. The lowest BCUT2D eigenvalue weighted by atomic mass is 10.0. The number of nitrogens with one attached hydrogen (secondary N) is 3. The van der Waals surface area contributed by atoms with Crippen LogP contribution in [0.25, 0.3) is 0 Å². The van der Waals surface area contributed by atoms with Gasteiger partial charge in [-0.15, -0.1) is 11.3 Å². The lowest BCUT2D eigenvalue weighted by molar-refractivity contribution is 0.0883. The van der Waals surface area contributed by atoms with Crippen molar-refractivity contribution >= 4 is 17.2 Å². The van der Waals surface area contributed by atoms with Crippen LogP contribution in [0.4, 0.5) is 0 Å². The van der Waals surface area contributed by atoms with Crippen molar-refractivity contribution in [3.8, 4) is 0 Å². The quantitative estimate of drug-likeness (QED) is 0.775. The molecule has 3 heterocycles. The zero-order valence-electron chi connectivity index (χ0n) is 15.1. The molecule has 0 bridgehead atoms. The Hall–Kier alpha value is -1.73. The molecule has 3 N–H and O–H groups in total. The van der Waals surface area contributed by atoms with Crippen molar-refractivity contribution in [2.24, 2.45) is 0 Å². The molecule has 0 aliphatic carbocycles. The molecule has 2 fully saturated rings. The molecule has 1 amide bonds. The molecular weight excluding hydrogens is 344 g/mol. The fourth-order valence-corrected chi connectivity index (χ4v) is 4.72. The smallest absolute Gasteiger partial charge is 0.261 e. The van der Waals surface area contributed by atoms with E-state index in [0.717, 1.165) is 42.8 Å². The van der Waals surface area contributed by atoms with Crippen molar-refractivity contribution in [3.63, 3.8) is 0 Å². The van der Waals surface area contributed by atoms with E-state index in [-0.39, 0.29) is 11.9 Å². The first-order valence-electron chi connectivity index (χ1n) is 9.35. The van der Waals surface area contributed by atoms with Gasteiger partial charge in [0.1, 0.15) is 0 Å². The molecule has 1 aromatic heterocycles. The standard InChI is InChI=1S/C20H26N4OS/c1-14-9-12-26-19(14)20(25)21-16-7-10-24(11-8-16)18-13-17(22-23-18)15-5-3-2-4-6-15/h2-6,9,12,16-18,22-23H,7-8,10-11,13H2,1H3,(H,21,25). The summed E-state index contributed by atoms with van der Waals surface area (Å²) in [4.78, 5) is 15.7. The van der Waals surface area contributed by atoms with Crippen LogP contribution in [-0.4, -0.2) is 36.1 Å². The lowest BCUT2D eigenvalue weighted by Crippen LogP contribution is -2.51. The Bertz CT molecular complexity index is 739. The van der Waals surface area contributed by atoms with Crippen molar-refractivity contribution in [2.75, 3.05) is 13.1 Å². The first kappa shape index (κ1) is 17.7. The topological polar surface area (TPSA) is 56.4 Å². The highest BCUT2D eigenvalue weighted by Gasteiger charge is 2.32. The number of hydrogen-bond donors (Lipinski definition) is 3. The minimum absolute atomic E-state index is 0.0840. The number of aryl methyl sites for hydroxylation is 1. The largest absolute Gasteiger partial charge is 0.349 e. The Balaban J connectivity index is 1.26. The molecule has 138 valence electrons. The summed E-state index contributed by atoms with van der Waals surface area (Å²) in [6.45, 7) is 4.01. The highest BCUT2D eigenvalue weighted by molar-refractivity contribution is 7.12. The number of thiophene rings is 1. The first-order valence-corrected chi connectivity index (χ1v) is 10.2. The molecule has 0 spiro atoms. The van der Waals surface area contributed by atoms with Crippen LogP contribution in [0, 0.1) is 6.92 Å². The van der Waals surface area contributed by atoms with Crippen molar-refractivity contribution in [1.82, 2.24) is 21.1 Å². The van der Waals surface area contributed by atoms with E-state index in [9.17, 15) is 4.79 Å². The summed E-state index contributed by atoms with van der Waals surface area (Å²) in [6.07, 6.45) is 3.43. The normalized spacial score (nSPS) is 24.7. The molecule has 2 saturated heterocycles. The molecule has 0 radical (unpaired) electrons. The summed E-state index contributed by atoms with van der Waals surface area (Å²) in [6, 6.07) is 13.2.